The molecule has 0 bridgehead atoms. The highest BCUT2D eigenvalue weighted by atomic mass is 79.9. The lowest BCUT2D eigenvalue weighted by Crippen LogP contribution is -2.15. The number of halogens is 1. The minimum Gasteiger partial charge on any atom is -0.381 e. The summed E-state index contributed by atoms with van der Waals surface area (Å²) >= 11 is 3.71. The van der Waals surface area contributed by atoms with Gasteiger partial charge in [0.05, 0.1) is 15.9 Å². The molecule has 0 aliphatic carbocycles. The van der Waals surface area contributed by atoms with Crippen molar-refractivity contribution >= 4 is 15.9 Å². The van der Waals surface area contributed by atoms with Crippen LogP contribution in [-0.2, 0) is 17.7 Å². The van der Waals surface area contributed by atoms with Crippen LogP contribution in [-0.4, -0.2) is 23.0 Å². The Labute approximate surface area is 97.9 Å². The monoisotopic (exact) mass is 270 g/mol. The number of hydrogen-bond donors (Lipinski definition) is 0. The molecule has 3 rings (SSSR count). The Kier molecular flexibility index (Phi) is 2.56. The summed E-state index contributed by atoms with van der Waals surface area (Å²) in [5, 5.41) is 4.73. The Balaban J connectivity index is 1.91. The zero-order valence-electron chi connectivity index (χ0n) is 8.71. The van der Waals surface area contributed by atoms with Crippen LogP contribution in [0.25, 0.3) is 0 Å². The van der Waals surface area contributed by atoms with Crippen LogP contribution in [0, 0.1) is 0 Å². The lowest BCUT2D eigenvalue weighted by molar-refractivity contribution is 0.0842. The highest BCUT2D eigenvalue weighted by molar-refractivity contribution is 9.10. The first-order valence-corrected chi connectivity index (χ1v) is 6.48. The quantitative estimate of drug-likeness (QED) is 0.784. The maximum Gasteiger partial charge on any atom is 0.0802 e. The molecule has 0 atom stereocenters. The van der Waals surface area contributed by atoms with E-state index in [9.17, 15) is 0 Å². The lowest BCUT2D eigenvalue weighted by atomic mass is 9.96. The van der Waals surface area contributed by atoms with Crippen LogP contribution in [0.5, 0.6) is 0 Å². The van der Waals surface area contributed by atoms with Gasteiger partial charge in [-0.3, -0.25) is 4.68 Å². The average Bonchev–Trinajstić information content (AvgIpc) is 2.83. The summed E-state index contributed by atoms with van der Waals surface area (Å²) in [6.45, 7) is 2.87. The fourth-order valence-electron chi connectivity index (χ4n) is 2.55. The summed E-state index contributed by atoms with van der Waals surface area (Å²) in [7, 11) is 0. The molecule has 3 nitrogen and oxygen atoms in total. The summed E-state index contributed by atoms with van der Waals surface area (Å²) in [4.78, 5) is 0. The normalized spacial score (nSPS) is 21.9. The van der Waals surface area contributed by atoms with E-state index in [2.05, 4.69) is 20.6 Å². The van der Waals surface area contributed by atoms with Gasteiger partial charge in [0.2, 0.25) is 0 Å². The number of rotatable bonds is 1. The van der Waals surface area contributed by atoms with E-state index in [1.54, 1.807) is 0 Å². The van der Waals surface area contributed by atoms with Gasteiger partial charge in [-0.05, 0) is 41.6 Å². The first-order chi connectivity index (χ1) is 7.36. The molecule has 1 fully saturated rings. The molecule has 2 aliphatic heterocycles. The molecular weight excluding hydrogens is 256 g/mol. The second kappa shape index (κ2) is 3.91. The van der Waals surface area contributed by atoms with Gasteiger partial charge < -0.3 is 4.74 Å². The average molecular weight is 271 g/mol. The van der Waals surface area contributed by atoms with Crippen molar-refractivity contribution < 1.29 is 4.74 Å². The zero-order chi connectivity index (χ0) is 10.3. The summed E-state index contributed by atoms with van der Waals surface area (Å²) in [5.41, 5.74) is 2.67. The van der Waals surface area contributed by atoms with Crippen LogP contribution in [0.2, 0.25) is 0 Å². The Morgan fingerprint density at radius 1 is 1.33 bits per heavy atom. The van der Waals surface area contributed by atoms with E-state index in [1.807, 2.05) is 0 Å². The molecule has 82 valence electrons. The van der Waals surface area contributed by atoms with Crippen LogP contribution in [0.4, 0.5) is 0 Å². The molecule has 3 heterocycles. The molecular formula is C11H15BrN2O. The molecule has 2 aliphatic rings. The van der Waals surface area contributed by atoms with Gasteiger partial charge in [-0.2, -0.15) is 5.10 Å². The van der Waals surface area contributed by atoms with Crippen molar-refractivity contribution in [2.24, 2.45) is 0 Å². The topological polar surface area (TPSA) is 27.1 Å². The minimum atomic E-state index is 0.603. The predicted molar refractivity (Wildman–Crippen MR) is 61.0 cm³/mol. The molecule has 0 radical (unpaired) electrons. The third kappa shape index (κ3) is 1.64. The molecule has 0 saturated carbocycles. The van der Waals surface area contributed by atoms with Gasteiger partial charge in [0, 0.05) is 25.7 Å². The van der Waals surface area contributed by atoms with Gasteiger partial charge in [0.15, 0.2) is 0 Å². The zero-order valence-corrected chi connectivity index (χ0v) is 10.3. The van der Waals surface area contributed by atoms with Gasteiger partial charge in [-0.25, -0.2) is 0 Å². The van der Waals surface area contributed by atoms with Crippen LogP contribution in [0.3, 0.4) is 0 Å². The fourth-order valence-corrected chi connectivity index (χ4v) is 3.35. The summed E-state index contributed by atoms with van der Waals surface area (Å²) in [6, 6.07) is 0. The molecule has 0 amide bonds. The molecule has 15 heavy (non-hydrogen) atoms. The van der Waals surface area contributed by atoms with Crippen LogP contribution in [0.15, 0.2) is 4.47 Å². The number of ether oxygens (including phenoxy) is 1. The van der Waals surface area contributed by atoms with E-state index in [0.717, 1.165) is 32.6 Å². The fraction of sp³-hybridized carbons (Fsp3) is 0.727. The van der Waals surface area contributed by atoms with Crippen LogP contribution >= 0.6 is 15.9 Å². The first-order valence-electron chi connectivity index (χ1n) is 5.69. The third-order valence-corrected chi connectivity index (χ3v) is 4.27. The van der Waals surface area contributed by atoms with Crippen molar-refractivity contribution in [3.8, 4) is 0 Å². The van der Waals surface area contributed by atoms with Crippen LogP contribution < -0.4 is 0 Å². The largest absolute Gasteiger partial charge is 0.381 e. The van der Waals surface area contributed by atoms with Gasteiger partial charge in [0.25, 0.3) is 0 Å². The van der Waals surface area contributed by atoms with Gasteiger partial charge in [-0.15, -0.1) is 0 Å². The van der Waals surface area contributed by atoms with Crippen molar-refractivity contribution in [1.82, 2.24) is 9.78 Å². The SMILES string of the molecule is Brc1c(C2CCOCC2)nn2c1CCC2. The first kappa shape index (κ1) is 9.85. The smallest absolute Gasteiger partial charge is 0.0802 e. The summed E-state index contributed by atoms with van der Waals surface area (Å²) in [6.07, 6.45) is 4.66. The molecule has 0 aromatic carbocycles. The highest BCUT2D eigenvalue weighted by Gasteiger charge is 2.26. The maximum absolute atomic E-state index is 5.39. The number of nitrogens with zero attached hydrogens (tertiary/aromatic N) is 2. The van der Waals surface area contributed by atoms with Gasteiger partial charge in [0.1, 0.15) is 0 Å². The Hall–Kier alpha value is -0.350. The van der Waals surface area contributed by atoms with Gasteiger partial charge in [-0.1, -0.05) is 0 Å². The standard InChI is InChI=1S/C11H15BrN2O/c12-10-9-2-1-5-14(9)13-11(10)8-3-6-15-7-4-8/h8H,1-7H2. The Morgan fingerprint density at radius 3 is 2.87 bits per heavy atom. The second-order valence-corrected chi connectivity index (χ2v) is 5.15. The molecule has 0 N–H and O–H groups in total. The highest BCUT2D eigenvalue weighted by Crippen LogP contribution is 2.35. The summed E-state index contributed by atoms with van der Waals surface area (Å²) in [5.74, 6) is 0.603. The Bertz CT molecular complexity index is 369. The molecule has 0 spiro atoms. The predicted octanol–water partition coefficient (Wildman–Crippen LogP) is 2.49. The molecule has 0 unspecified atom stereocenters. The van der Waals surface area contributed by atoms with Crippen molar-refractivity contribution in [2.45, 2.75) is 38.1 Å². The number of aryl methyl sites for hydroxylation is 1. The number of aromatic nitrogens is 2. The third-order valence-electron chi connectivity index (χ3n) is 3.41. The minimum absolute atomic E-state index is 0.603. The molecule has 4 heteroatoms. The van der Waals surface area contributed by atoms with E-state index in [-0.39, 0.29) is 0 Å². The van der Waals surface area contributed by atoms with E-state index in [1.165, 1.54) is 28.7 Å². The van der Waals surface area contributed by atoms with E-state index < -0.39 is 0 Å². The van der Waals surface area contributed by atoms with Crippen molar-refractivity contribution in [3.05, 3.63) is 15.9 Å². The lowest BCUT2D eigenvalue weighted by Gasteiger charge is -2.20. The van der Waals surface area contributed by atoms with Crippen LogP contribution in [0.1, 0.15) is 36.6 Å². The number of fused-ring (bicyclic) bond motifs is 1. The second-order valence-electron chi connectivity index (χ2n) is 4.36. The van der Waals surface area contributed by atoms with Gasteiger partial charge >= 0.3 is 0 Å². The van der Waals surface area contributed by atoms with E-state index in [4.69, 9.17) is 9.84 Å². The molecule has 1 aromatic heterocycles. The molecule has 1 saturated heterocycles. The molecule has 1 aromatic rings. The van der Waals surface area contributed by atoms with Crippen molar-refractivity contribution in [1.29, 1.82) is 0 Å². The van der Waals surface area contributed by atoms with E-state index in [0.29, 0.717) is 5.92 Å². The number of hydrogen-bond acceptors (Lipinski definition) is 2. The summed E-state index contributed by atoms with van der Waals surface area (Å²) < 4.78 is 8.83. The van der Waals surface area contributed by atoms with Crippen molar-refractivity contribution in [3.63, 3.8) is 0 Å². The maximum atomic E-state index is 5.39. The van der Waals surface area contributed by atoms with Crippen molar-refractivity contribution in [2.75, 3.05) is 13.2 Å². The van der Waals surface area contributed by atoms with E-state index >= 15 is 0 Å². The Morgan fingerprint density at radius 2 is 2.13 bits per heavy atom.